The predicted octanol–water partition coefficient (Wildman–Crippen LogP) is 3.22. The smallest absolute Gasteiger partial charge is 0.262 e. The number of hydrogen-bond acceptors (Lipinski definition) is 2. The van der Waals surface area contributed by atoms with Crippen LogP contribution in [0.2, 0.25) is 0 Å². The van der Waals surface area contributed by atoms with Crippen molar-refractivity contribution in [1.82, 2.24) is 4.90 Å². The number of carbonyl (C=O) groups is 1. The van der Waals surface area contributed by atoms with E-state index in [1.807, 2.05) is 47.5 Å². The molecule has 0 bridgehead atoms. The summed E-state index contributed by atoms with van der Waals surface area (Å²) in [5.74, 6) is 0.609. The lowest BCUT2D eigenvalue weighted by molar-refractivity contribution is -0.115. The molecule has 0 atom stereocenters. The Hall–Kier alpha value is -1.72. The molecule has 0 aliphatic carbocycles. The maximum Gasteiger partial charge on any atom is 0.262 e. The van der Waals surface area contributed by atoms with Gasteiger partial charge in [0.05, 0.1) is 0 Å². The third-order valence-corrected chi connectivity index (χ3v) is 3.83. The normalized spacial score (nSPS) is 18.6. The number of fused-ring (bicyclic) bond motifs is 2. The summed E-state index contributed by atoms with van der Waals surface area (Å²) in [6.07, 6.45) is 5.75. The molecule has 0 spiro atoms. The highest BCUT2D eigenvalue weighted by molar-refractivity contribution is 9.11. The molecule has 0 unspecified atom stereocenters. The number of benzene rings is 1. The Morgan fingerprint density at radius 3 is 3.00 bits per heavy atom. The molecular formula is C15H11BrClN3O. The van der Waals surface area contributed by atoms with Crippen LogP contribution in [0.25, 0.3) is 0 Å². The number of amides is 1. The number of carbonyl (C=O) groups excluding carboxylic acids is 1. The number of aliphatic imine (C=N–C) groups is 2. The van der Waals surface area contributed by atoms with Gasteiger partial charge in [0.1, 0.15) is 11.7 Å². The zero-order valence-electron chi connectivity index (χ0n) is 11.0. The monoisotopic (exact) mass is 363 g/mol. The molecule has 1 aromatic carbocycles. The molecule has 2 aliphatic heterocycles. The van der Waals surface area contributed by atoms with Crippen LogP contribution in [-0.4, -0.2) is 28.4 Å². The van der Waals surface area contributed by atoms with Gasteiger partial charge in [-0.15, -0.1) is 11.6 Å². The summed E-state index contributed by atoms with van der Waals surface area (Å²) < 4.78 is 0.969. The van der Waals surface area contributed by atoms with Gasteiger partial charge in [-0.1, -0.05) is 24.3 Å². The number of halogens is 2. The summed E-state index contributed by atoms with van der Waals surface area (Å²) in [4.78, 5) is 22.1. The van der Waals surface area contributed by atoms with E-state index in [0.717, 1.165) is 21.4 Å². The topological polar surface area (TPSA) is 45.0 Å². The largest absolute Gasteiger partial charge is 0.327 e. The van der Waals surface area contributed by atoms with Gasteiger partial charge in [-0.2, -0.15) is 4.99 Å². The first-order chi connectivity index (χ1) is 10.2. The Morgan fingerprint density at radius 1 is 1.38 bits per heavy atom. The third kappa shape index (κ3) is 2.99. The molecule has 1 amide bonds. The first-order valence-corrected chi connectivity index (χ1v) is 7.66. The Morgan fingerprint density at radius 2 is 2.19 bits per heavy atom. The summed E-state index contributed by atoms with van der Waals surface area (Å²) in [6, 6.07) is 7.80. The van der Waals surface area contributed by atoms with Crippen molar-refractivity contribution in [3.8, 4) is 0 Å². The second kappa shape index (κ2) is 5.95. The average molecular weight is 365 g/mol. The molecule has 0 fully saturated rings. The molecule has 6 heteroatoms. The fraction of sp³-hybridized carbons (Fsp3) is 0.133. The summed E-state index contributed by atoms with van der Waals surface area (Å²) in [5, 5.41) is 0. The highest BCUT2D eigenvalue weighted by Crippen LogP contribution is 2.23. The van der Waals surface area contributed by atoms with Gasteiger partial charge in [0, 0.05) is 22.8 Å². The molecule has 0 N–H and O–H groups in total. The molecule has 1 aromatic rings. The number of amidine groups is 2. The minimum absolute atomic E-state index is 0.151. The lowest BCUT2D eigenvalue weighted by Gasteiger charge is -2.21. The zero-order valence-corrected chi connectivity index (χ0v) is 13.3. The maximum absolute atomic E-state index is 11.6. The fourth-order valence-corrected chi connectivity index (χ4v) is 2.64. The van der Waals surface area contributed by atoms with E-state index < -0.39 is 5.91 Å². The SMILES string of the molecule is O=C(CCl)N=C1N=C2C=CC(Br)=CN2Cc2ccccc21. The summed E-state index contributed by atoms with van der Waals surface area (Å²) >= 11 is 9.01. The molecule has 0 radical (unpaired) electrons. The van der Waals surface area contributed by atoms with E-state index >= 15 is 0 Å². The lowest BCUT2D eigenvalue weighted by Crippen LogP contribution is -2.24. The van der Waals surface area contributed by atoms with Gasteiger partial charge in [0.25, 0.3) is 5.91 Å². The Kier molecular flexibility index (Phi) is 4.03. The molecule has 106 valence electrons. The van der Waals surface area contributed by atoms with Crippen LogP contribution in [0.4, 0.5) is 0 Å². The molecule has 3 rings (SSSR count). The molecular weight excluding hydrogens is 354 g/mol. The van der Waals surface area contributed by atoms with Crippen molar-refractivity contribution in [2.75, 3.05) is 5.88 Å². The van der Waals surface area contributed by atoms with Gasteiger partial charge >= 0.3 is 0 Å². The maximum atomic E-state index is 11.6. The average Bonchev–Trinajstić information content (AvgIpc) is 2.63. The van der Waals surface area contributed by atoms with Crippen LogP contribution in [0.15, 0.2) is 57.1 Å². The number of rotatable bonds is 1. The molecule has 21 heavy (non-hydrogen) atoms. The van der Waals surface area contributed by atoms with Crippen molar-refractivity contribution < 1.29 is 4.79 Å². The van der Waals surface area contributed by atoms with Crippen molar-refractivity contribution >= 4 is 45.1 Å². The van der Waals surface area contributed by atoms with E-state index in [1.54, 1.807) is 0 Å². The van der Waals surface area contributed by atoms with Crippen molar-refractivity contribution in [2.24, 2.45) is 9.98 Å². The summed E-state index contributed by atoms with van der Waals surface area (Å²) in [6.45, 7) is 0.669. The molecule has 2 aliphatic rings. The van der Waals surface area contributed by atoms with Crippen LogP contribution in [-0.2, 0) is 11.3 Å². The van der Waals surface area contributed by atoms with Crippen molar-refractivity contribution in [2.45, 2.75) is 6.54 Å². The number of nitrogens with zero attached hydrogens (tertiary/aromatic N) is 3. The second-order valence-electron chi connectivity index (χ2n) is 4.57. The number of alkyl halides is 1. The van der Waals surface area contributed by atoms with Crippen LogP contribution in [0.3, 0.4) is 0 Å². The van der Waals surface area contributed by atoms with Gasteiger partial charge in [0.2, 0.25) is 0 Å². The number of allylic oxidation sites excluding steroid dienone is 2. The van der Waals surface area contributed by atoms with E-state index in [0.29, 0.717) is 12.4 Å². The highest BCUT2D eigenvalue weighted by atomic mass is 79.9. The standard InChI is InChI=1S/C15H11BrClN3O/c16-11-5-6-13-18-15(19-14(21)7-17)12-4-2-1-3-10(12)8-20(13)9-11/h1-6,9H,7-8H2. The predicted molar refractivity (Wildman–Crippen MR) is 87.8 cm³/mol. The summed E-state index contributed by atoms with van der Waals surface area (Å²) in [7, 11) is 0. The Labute approximate surface area is 135 Å². The quantitative estimate of drug-likeness (QED) is 0.718. The van der Waals surface area contributed by atoms with E-state index in [4.69, 9.17) is 11.6 Å². The first kappa shape index (κ1) is 14.2. The van der Waals surface area contributed by atoms with Crippen LogP contribution < -0.4 is 0 Å². The number of hydrogen-bond donors (Lipinski definition) is 0. The van der Waals surface area contributed by atoms with Crippen LogP contribution in [0.5, 0.6) is 0 Å². The molecule has 4 nitrogen and oxygen atoms in total. The zero-order chi connectivity index (χ0) is 14.8. The molecule has 0 saturated heterocycles. The minimum atomic E-state index is -0.393. The van der Waals surface area contributed by atoms with Crippen molar-refractivity contribution in [3.05, 3.63) is 58.2 Å². The van der Waals surface area contributed by atoms with Crippen LogP contribution in [0.1, 0.15) is 11.1 Å². The lowest BCUT2D eigenvalue weighted by atomic mass is 10.1. The highest BCUT2D eigenvalue weighted by Gasteiger charge is 2.21. The van der Waals surface area contributed by atoms with Gasteiger partial charge in [-0.25, -0.2) is 4.99 Å². The summed E-state index contributed by atoms with van der Waals surface area (Å²) in [5.41, 5.74) is 1.92. The van der Waals surface area contributed by atoms with E-state index in [2.05, 4.69) is 25.9 Å². The molecule has 0 saturated carbocycles. The van der Waals surface area contributed by atoms with Crippen molar-refractivity contribution in [1.29, 1.82) is 0 Å². The van der Waals surface area contributed by atoms with Gasteiger partial charge in [0.15, 0.2) is 5.84 Å². The molecule has 2 heterocycles. The van der Waals surface area contributed by atoms with Crippen molar-refractivity contribution in [3.63, 3.8) is 0 Å². The van der Waals surface area contributed by atoms with Gasteiger partial charge in [-0.3, -0.25) is 4.79 Å². The van der Waals surface area contributed by atoms with Gasteiger partial charge in [-0.05, 0) is 33.6 Å². The fourth-order valence-electron chi connectivity index (χ4n) is 2.20. The molecule has 0 aromatic heterocycles. The first-order valence-electron chi connectivity index (χ1n) is 6.34. The van der Waals surface area contributed by atoms with E-state index in [1.165, 1.54) is 0 Å². The second-order valence-corrected chi connectivity index (χ2v) is 5.75. The minimum Gasteiger partial charge on any atom is -0.327 e. The van der Waals surface area contributed by atoms with Crippen LogP contribution >= 0.6 is 27.5 Å². The van der Waals surface area contributed by atoms with Gasteiger partial charge < -0.3 is 4.90 Å². The Bertz CT molecular complexity index is 721. The van der Waals surface area contributed by atoms with Crippen LogP contribution in [0, 0.1) is 0 Å². The van der Waals surface area contributed by atoms with E-state index in [9.17, 15) is 4.79 Å². The van der Waals surface area contributed by atoms with E-state index in [-0.39, 0.29) is 5.88 Å². The Balaban J connectivity index is 2.14. The third-order valence-electron chi connectivity index (χ3n) is 3.13.